The summed E-state index contributed by atoms with van der Waals surface area (Å²) in [6, 6.07) is 0.0570. The lowest BCUT2D eigenvalue weighted by Gasteiger charge is -2.45. The van der Waals surface area contributed by atoms with E-state index in [0.29, 0.717) is 18.4 Å². The molecule has 0 aromatic carbocycles. The molecule has 0 spiro atoms. The molecule has 3 aliphatic carbocycles. The van der Waals surface area contributed by atoms with Gasteiger partial charge in [0.1, 0.15) is 0 Å². The van der Waals surface area contributed by atoms with Gasteiger partial charge in [0.25, 0.3) is 0 Å². The van der Waals surface area contributed by atoms with Crippen LogP contribution in [0.15, 0.2) is 0 Å². The lowest BCUT2D eigenvalue weighted by Crippen LogP contribution is -2.52. The summed E-state index contributed by atoms with van der Waals surface area (Å²) in [6.07, 6.45) is 4.76. The number of ether oxygens (including phenoxy) is 1. The zero-order valence-electron chi connectivity index (χ0n) is 8.74. The summed E-state index contributed by atoms with van der Waals surface area (Å²) >= 11 is 0. The van der Waals surface area contributed by atoms with Crippen molar-refractivity contribution >= 4 is 5.97 Å². The Balaban J connectivity index is 2.06. The summed E-state index contributed by atoms with van der Waals surface area (Å²) in [5.41, 5.74) is 6.09. The number of rotatable bonds is 2. The first-order chi connectivity index (χ1) is 6.74. The fourth-order valence-electron chi connectivity index (χ4n) is 3.08. The van der Waals surface area contributed by atoms with Gasteiger partial charge in [0.05, 0.1) is 12.5 Å². The fraction of sp³-hybridized carbons (Fsp3) is 0.909. The Hall–Kier alpha value is -0.570. The van der Waals surface area contributed by atoms with E-state index in [1.807, 2.05) is 6.92 Å². The van der Waals surface area contributed by atoms with E-state index in [1.54, 1.807) is 0 Å². The van der Waals surface area contributed by atoms with Crippen LogP contribution in [0.2, 0.25) is 0 Å². The number of hydrogen-bond donors (Lipinski definition) is 1. The van der Waals surface area contributed by atoms with Gasteiger partial charge in [0, 0.05) is 6.04 Å². The van der Waals surface area contributed by atoms with Crippen LogP contribution >= 0.6 is 0 Å². The van der Waals surface area contributed by atoms with Crippen LogP contribution in [0.4, 0.5) is 0 Å². The molecule has 2 atom stereocenters. The lowest BCUT2D eigenvalue weighted by atomic mass is 9.62. The zero-order valence-corrected chi connectivity index (χ0v) is 8.74. The predicted molar refractivity (Wildman–Crippen MR) is 53.5 cm³/mol. The molecule has 0 radical (unpaired) electrons. The molecule has 80 valence electrons. The molecule has 0 aliphatic heterocycles. The molecule has 14 heavy (non-hydrogen) atoms. The molecule has 0 heterocycles. The Bertz CT molecular complexity index is 219. The van der Waals surface area contributed by atoms with Crippen LogP contribution in [0.3, 0.4) is 0 Å². The van der Waals surface area contributed by atoms with Gasteiger partial charge in [-0.3, -0.25) is 4.79 Å². The number of nitrogens with two attached hydrogens (primary N) is 1. The second kappa shape index (κ2) is 3.89. The van der Waals surface area contributed by atoms with E-state index >= 15 is 0 Å². The average Bonchev–Trinajstić information content (AvgIpc) is 2.19. The highest BCUT2D eigenvalue weighted by molar-refractivity contribution is 5.74. The standard InChI is InChI=1S/C11H19NO2/c1-2-14-11(13)9-7-3-5-8(6-4-7)10(9)12/h7-10H,2-6,12H2,1H3/t7-,8+,9?,10?. The van der Waals surface area contributed by atoms with Crippen LogP contribution in [0.25, 0.3) is 0 Å². The molecule has 2 unspecified atom stereocenters. The Morgan fingerprint density at radius 1 is 1.29 bits per heavy atom. The number of fused-ring (bicyclic) bond motifs is 3. The van der Waals surface area contributed by atoms with Gasteiger partial charge in [-0.25, -0.2) is 0 Å². The molecule has 3 saturated carbocycles. The second-order valence-electron chi connectivity index (χ2n) is 4.53. The molecule has 3 heteroatoms. The van der Waals surface area contributed by atoms with Gasteiger partial charge in [0.2, 0.25) is 0 Å². The van der Waals surface area contributed by atoms with Gasteiger partial charge in [-0.05, 0) is 44.4 Å². The molecule has 2 bridgehead atoms. The zero-order chi connectivity index (χ0) is 10.1. The van der Waals surface area contributed by atoms with E-state index in [1.165, 1.54) is 25.7 Å². The molecule has 0 saturated heterocycles. The summed E-state index contributed by atoms with van der Waals surface area (Å²) in [5.74, 6) is 0.986. The number of carbonyl (C=O) groups excluding carboxylic acids is 1. The van der Waals surface area contributed by atoms with Crippen LogP contribution < -0.4 is 5.73 Å². The van der Waals surface area contributed by atoms with Crippen molar-refractivity contribution in [1.82, 2.24) is 0 Å². The van der Waals surface area contributed by atoms with Gasteiger partial charge in [-0.1, -0.05) is 0 Å². The van der Waals surface area contributed by atoms with Gasteiger partial charge in [-0.2, -0.15) is 0 Å². The van der Waals surface area contributed by atoms with Crippen molar-refractivity contribution in [1.29, 1.82) is 0 Å². The summed E-state index contributed by atoms with van der Waals surface area (Å²) in [4.78, 5) is 11.7. The molecule has 2 N–H and O–H groups in total. The summed E-state index contributed by atoms with van der Waals surface area (Å²) in [5, 5.41) is 0. The van der Waals surface area contributed by atoms with E-state index in [4.69, 9.17) is 10.5 Å². The van der Waals surface area contributed by atoms with Gasteiger partial charge in [-0.15, -0.1) is 0 Å². The average molecular weight is 197 g/mol. The Kier molecular flexibility index (Phi) is 2.77. The molecule has 0 aromatic rings. The largest absolute Gasteiger partial charge is 0.466 e. The summed E-state index contributed by atoms with van der Waals surface area (Å²) in [6.45, 7) is 2.32. The van der Waals surface area contributed by atoms with Crippen LogP contribution in [-0.4, -0.2) is 18.6 Å². The van der Waals surface area contributed by atoms with E-state index in [2.05, 4.69) is 0 Å². The van der Waals surface area contributed by atoms with E-state index in [-0.39, 0.29) is 17.9 Å². The van der Waals surface area contributed by atoms with Crippen molar-refractivity contribution in [2.24, 2.45) is 23.5 Å². The Morgan fingerprint density at radius 3 is 2.36 bits per heavy atom. The molecule has 3 fully saturated rings. The third-order valence-electron chi connectivity index (χ3n) is 3.84. The summed E-state index contributed by atoms with van der Waals surface area (Å²) < 4.78 is 5.09. The highest BCUT2D eigenvalue weighted by Crippen LogP contribution is 2.44. The van der Waals surface area contributed by atoms with Crippen LogP contribution in [0.1, 0.15) is 32.6 Å². The number of esters is 1. The summed E-state index contributed by atoms with van der Waals surface area (Å²) in [7, 11) is 0. The first-order valence-electron chi connectivity index (χ1n) is 5.66. The first kappa shape index (κ1) is 9.97. The fourth-order valence-corrected chi connectivity index (χ4v) is 3.08. The maximum absolute atomic E-state index is 11.7. The lowest BCUT2D eigenvalue weighted by molar-refractivity contribution is -0.155. The third kappa shape index (κ3) is 1.54. The van der Waals surface area contributed by atoms with Crippen LogP contribution in [-0.2, 0) is 9.53 Å². The molecular formula is C11H19NO2. The SMILES string of the molecule is CCOC(=O)C1C(N)[C@H]2CC[C@@H]1CC2. The van der Waals surface area contributed by atoms with Crippen LogP contribution in [0.5, 0.6) is 0 Å². The smallest absolute Gasteiger partial charge is 0.310 e. The molecule has 3 aliphatic rings. The van der Waals surface area contributed by atoms with Gasteiger partial charge >= 0.3 is 5.97 Å². The minimum absolute atomic E-state index is 0.0116. The molecular weight excluding hydrogens is 178 g/mol. The van der Waals surface area contributed by atoms with Gasteiger partial charge < -0.3 is 10.5 Å². The van der Waals surface area contributed by atoms with E-state index in [0.717, 1.165) is 0 Å². The number of hydrogen-bond acceptors (Lipinski definition) is 3. The Morgan fingerprint density at radius 2 is 1.86 bits per heavy atom. The first-order valence-corrected chi connectivity index (χ1v) is 5.66. The minimum Gasteiger partial charge on any atom is -0.466 e. The second-order valence-corrected chi connectivity index (χ2v) is 4.53. The van der Waals surface area contributed by atoms with Crippen molar-refractivity contribution in [2.75, 3.05) is 6.61 Å². The maximum atomic E-state index is 11.7. The predicted octanol–water partition coefficient (Wildman–Crippen LogP) is 1.31. The van der Waals surface area contributed by atoms with Gasteiger partial charge in [0.15, 0.2) is 0 Å². The monoisotopic (exact) mass is 197 g/mol. The van der Waals surface area contributed by atoms with E-state index in [9.17, 15) is 4.79 Å². The van der Waals surface area contributed by atoms with Crippen molar-refractivity contribution in [3.63, 3.8) is 0 Å². The normalized spacial score (nSPS) is 41.0. The van der Waals surface area contributed by atoms with Crippen LogP contribution in [0, 0.1) is 17.8 Å². The Labute approximate surface area is 85.0 Å². The molecule has 3 rings (SSSR count). The molecule has 3 nitrogen and oxygen atoms in total. The van der Waals surface area contributed by atoms with Crippen molar-refractivity contribution in [3.8, 4) is 0 Å². The molecule has 0 aromatic heterocycles. The maximum Gasteiger partial charge on any atom is 0.310 e. The van der Waals surface area contributed by atoms with Crippen molar-refractivity contribution in [2.45, 2.75) is 38.6 Å². The van der Waals surface area contributed by atoms with E-state index < -0.39 is 0 Å². The third-order valence-corrected chi connectivity index (χ3v) is 3.84. The highest BCUT2D eigenvalue weighted by Gasteiger charge is 2.45. The topological polar surface area (TPSA) is 52.3 Å². The minimum atomic E-state index is -0.0607. The number of carbonyl (C=O) groups is 1. The highest BCUT2D eigenvalue weighted by atomic mass is 16.5. The quantitative estimate of drug-likeness (QED) is 0.679. The van der Waals surface area contributed by atoms with Crippen molar-refractivity contribution in [3.05, 3.63) is 0 Å². The molecule has 0 amide bonds. The van der Waals surface area contributed by atoms with Crippen molar-refractivity contribution < 1.29 is 9.53 Å².